The Morgan fingerprint density at radius 1 is 1.03 bits per heavy atom. The number of nitrogens with one attached hydrogen (secondary N) is 1. The third kappa shape index (κ3) is 4.05. The molecule has 0 aliphatic carbocycles. The third-order valence-electron chi connectivity index (χ3n) is 4.98. The smallest absolute Gasteiger partial charge is 0.293 e. The van der Waals surface area contributed by atoms with Crippen LogP contribution in [0.1, 0.15) is 40.3 Å². The Morgan fingerprint density at radius 2 is 1.73 bits per heavy atom. The molecule has 1 heterocycles. The number of ether oxygens (including phenoxy) is 2. The van der Waals surface area contributed by atoms with Crippen LogP contribution in [0.3, 0.4) is 0 Å². The maximum Gasteiger partial charge on any atom is 0.293 e. The van der Waals surface area contributed by atoms with E-state index in [1.54, 1.807) is 57.9 Å². The highest BCUT2D eigenvalue weighted by Crippen LogP contribution is 2.29. The Hall–Kier alpha value is -3.61. The molecule has 0 fully saturated rings. The molecule has 0 bridgehead atoms. The standard InChI is InChI=1S/C23H25N3O4/c1-14(19-13-18(29-4)11-12-20(19)30-5)24-23(28)22(27)21-15(2)25-26(16(21)3)17-9-7-6-8-10-17/h6-14H,1-5H3,(H,24,28)/t14-/m1/s1. The van der Waals surface area contributed by atoms with Crippen molar-refractivity contribution < 1.29 is 19.1 Å². The molecule has 0 radical (unpaired) electrons. The molecule has 156 valence electrons. The Bertz CT molecular complexity index is 1070. The second-order valence-corrected chi connectivity index (χ2v) is 6.93. The van der Waals surface area contributed by atoms with Gasteiger partial charge in [-0.1, -0.05) is 18.2 Å². The van der Waals surface area contributed by atoms with Crippen molar-refractivity contribution in [1.29, 1.82) is 0 Å². The molecule has 0 unspecified atom stereocenters. The zero-order chi connectivity index (χ0) is 21.8. The first-order chi connectivity index (χ1) is 14.4. The van der Waals surface area contributed by atoms with E-state index in [4.69, 9.17) is 9.47 Å². The van der Waals surface area contributed by atoms with Crippen LogP contribution in [-0.4, -0.2) is 35.7 Å². The molecule has 0 spiro atoms. The predicted molar refractivity (Wildman–Crippen MR) is 113 cm³/mol. The summed E-state index contributed by atoms with van der Waals surface area (Å²) in [6.07, 6.45) is 0. The van der Waals surface area contributed by atoms with E-state index in [0.717, 1.165) is 5.69 Å². The summed E-state index contributed by atoms with van der Waals surface area (Å²) in [4.78, 5) is 25.7. The number of amides is 1. The maximum atomic E-state index is 13.0. The van der Waals surface area contributed by atoms with Gasteiger partial charge in [-0.3, -0.25) is 9.59 Å². The summed E-state index contributed by atoms with van der Waals surface area (Å²) in [5.74, 6) is -0.0959. The molecule has 3 rings (SSSR count). The minimum absolute atomic E-state index is 0.307. The van der Waals surface area contributed by atoms with E-state index in [-0.39, 0.29) is 0 Å². The molecule has 3 aromatic rings. The Kier molecular flexibility index (Phi) is 6.20. The van der Waals surface area contributed by atoms with Gasteiger partial charge in [0.1, 0.15) is 11.5 Å². The number of methoxy groups -OCH3 is 2. The number of Topliss-reactive ketones (excluding diaryl/α,β-unsaturated/α-hetero) is 1. The minimum Gasteiger partial charge on any atom is -0.497 e. The first kappa shape index (κ1) is 21.1. The van der Waals surface area contributed by atoms with Crippen LogP contribution in [0.2, 0.25) is 0 Å². The number of carbonyl (C=O) groups is 2. The van der Waals surface area contributed by atoms with Crippen LogP contribution in [-0.2, 0) is 4.79 Å². The van der Waals surface area contributed by atoms with Gasteiger partial charge < -0.3 is 14.8 Å². The number of rotatable bonds is 7. The summed E-state index contributed by atoms with van der Waals surface area (Å²) in [5, 5.41) is 7.21. The molecule has 0 aliphatic heterocycles. The second-order valence-electron chi connectivity index (χ2n) is 6.93. The number of aryl methyl sites for hydroxylation is 1. The van der Waals surface area contributed by atoms with Gasteiger partial charge in [0, 0.05) is 5.56 Å². The fourth-order valence-corrected chi connectivity index (χ4v) is 3.42. The normalized spacial score (nSPS) is 11.6. The summed E-state index contributed by atoms with van der Waals surface area (Å²) in [6, 6.07) is 14.3. The number of benzene rings is 2. The van der Waals surface area contributed by atoms with Crippen molar-refractivity contribution in [1.82, 2.24) is 15.1 Å². The van der Waals surface area contributed by atoms with Crippen molar-refractivity contribution in [2.45, 2.75) is 26.8 Å². The molecular weight excluding hydrogens is 382 g/mol. The van der Waals surface area contributed by atoms with Gasteiger partial charge in [-0.05, 0) is 51.1 Å². The Balaban J connectivity index is 1.85. The summed E-state index contributed by atoms with van der Waals surface area (Å²) in [5.41, 5.74) is 2.97. The highest BCUT2D eigenvalue weighted by Gasteiger charge is 2.27. The Morgan fingerprint density at radius 3 is 2.37 bits per heavy atom. The molecule has 30 heavy (non-hydrogen) atoms. The zero-order valence-electron chi connectivity index (χ0n) is 17.7. The quantitative estimate of drug-likeness (QED) is 0.478. The fourth-order valence-electron chi connectivity index (χ4n) is 3.42. The van der Waals surface area contributed by atoms with E-state index in [2.05, 4.69) is 10.4 Å². The van der Waals surface area contributed by atoms with Crippen LogP contribution in [0.25, 0.3) is 5.69 Å². The number of aromatic nitrogens is 2. The van der Waals surface area contributed by atoms with Gasteiger partial charge in [0.25, 0.3) is 11.7 Å². The first-order valence-corrected chi connectivity index (χ1v) is 9.56. The summed E-state index contributed by atoms with van der Waals surface area (Å²) >= 11 is 0. The number of nitrogens with zero attached hydrogens (tertiary/aromatic N) is 2. The molecule has 0 saturated carbocycles. The third-order valence-corrected chi connectivity index (χ3v) is 4.98. The van der Waals surface area contributed by atoms with E-state index in [1.165, 1.54) is 0 Å². The van der Waals surface area contributed by atoms with Gasteiger partial charge in [0.2, 0.25) is 0 Å². The molecule has 0 saturated heterocycles. The van der Waals surface area contributed by atoms with Crippen LogP contribution in [0, 0.1) is 13.8 Å². The van der Waals surface area contributed by atoms with Crippen molar-refractivity contribution in [3.63, 3.8) is 0 Å². The monoisotopic (exact) mass is 407 g/mol. The molecule has 1 N–H and O–H groups in total. The maximum absolute atomic E-state index is 13.0. The lowest BCUT2D eigenvalue weighted by atomic mass is 10.0. The lowest BCUT2D eigenvalue weighted by Crippen LogP contribution is -2.33. The SMILES string of the molecule is COc1ccc(OC)c([C@@H](C)NC(=O)C(=O)c2c(C)nn(-c3ccccc3)c2C)c1. The van der Waals surface area contributed by atoms with Gasteiger partial charge in [0.05, 0.1) is 42.9 Å². The molecule has 1 aromatic heterocycles. The van der Waals surface area contributed by atoms with Crippen LogP contribution < -0.4 is 14.8 Å². The Labute approximate surface area is 175 Å². The van der Waals surface area contributed by atoms with Crippen molar-refractivity contribution in [2.75, 3.05) is 14.2 Å². The number of para-hydroxylation sites is 1. The molecule has 7 heteroatoms. The lowest BCUT2D eigenvalue weighted by molar-refractivity contribution is -0.117. The van der Waals surface area contributed by atoms with Gasteiger partial charge in [-0.25, -0.2) is 4.68 Å². The molecule has 0 aliphatic rings. The fraction of sp³-hybridized carbons (Fsp3) is 0.261. The van der Waals surface area contributed by atoms with E-state index >= 15 is 0 Å². The summed E-state index contributed by atoms with van der Waals surface area (Å²) < 4.78 is 12.3. The summed E-state index contributed by atoms with van der Waals surface area (Å²) in [6.45, 7) is 5.29. The summed E-state index contributed by atoms with van der Waals surface area (Å²) in [7, 11) is 3.12. The average molecular weight is 407 g/mol. The van der Waals surface area contributed by atoms with Crippen molar-refractivity contribution in [3.05, 3.63) is 71.0 Å². The van der Waals surface area contributed by atoms with Crippen LogP contribution in [0.15, 0.2) is 48.5 Å². The molecule has 2 aromatic carbocycles. The number of hydrogen-bond acceptors (Lipinski definition) is 5. The lowest BCUT2D eigenvalue weighted by Gasteiger charge is -2.18. The number of hydrogen-bond donors (Lipinski definition) is 1. The number of ketones is 1. The van der Waals surface area contributed by atoms with Crippen LogP contribution in [0.5, 0.6) is 11.5 Å². The first-order valence-electron chi connectivity index (χ1n) is 9.56. The zero-order valence-corrected chi connectivity index (χ0v) is 17.7. The largest absolute Gasteiger partial charge is 0.497 e. The van der Waals surface area contributed by atoms with Crippen molar-refractivity contribution in [3.8, 4) is 17.2 Å². The van der Waals surface area contributed by atoms with Gasteiger partial charge in [-0.2, -0.15) is 5.10 Å². The van der Waals surface area contributed by atoms with E-state index < -0.39 is 17.7 Å². The molecule has 1 amide bonds. The number of carbonyl (C=O) groups excluding carboxylic acids is 2. The topological polar surface area (TPSA) is 82.4 Å². The van der Waals surface area contributed by atoms with Gasteiger partial charge in [-0.15, -0.1) is 0 Å². The molecule has 7 nitrogen and oxygen atoms in total. The van der Waals surface area contributed by atoms with E-state index in [9.17, 15) is 9.59 Å². The van der Waals surface area contributed by atoms with Gasteiger partial charge in [0.15, 0.2) is 0 Å². The van der Waals surface area contributed by atoms with E-state index in [1.807, 2.05) is 30.3 Å². The van der Waals surface area contributed by atoms with Crippen molar-refractivity contribution in [2.24, 2.45) is 0 Å². The molecular formula is C23H25N3O4. The van der Waals surface area contributed by atoms with E-state index in [0.29, 0.717) is 34.0 Å². The highest BCUT2D eigenvalue weighted by molar-refractivity contribution is 6.43. The second kappa shape index (κ2) is 8.82. The molecule has 1 atom stereocenters. The minimum atomic E-state index is -0.703. The van der Waals surface area contributed by atoms with Crippen molar-refractivity contribution >= 4 is 11.7 Å². The van der Waals surface area contributed by atoms with Gasteiger partial charge >= 0.3 is 0 Å². The van der Waals surface area contributed by atoms with Crippen LogP contribution in [0.4, 0.5) is 0 Å². The van der Waals surface area contributed by atoms with Crippen LogP contribution >= 0.6 is 0 Å². The highest BCUT2D eigenvalue weighted by atomic mass is 16.5. The average Bonchev–Trinajstić information content (AvgIpc) is 3.06. The predicted octanol–water partition coefficient (Wildman–Crippen LogP) is 3.57.